The molecule has 2 heterocycles. The Morgan fingerprint density at radius 3 is 2.85 bits per heavy atom. The summed E-state index contributed by atoms with van der Waals surface area (Å²) in [6.07, 6.45) is 7.23. The largest absolute Gasteiger partial charge is 0.361 e. The molecule has 0 bridgehead atoms. The molecule has 0 amide bonds. The van der Waals surface area contributed by atoms with Crippen molar-refractivity contribution in [1.82, 2.24) is 9.88 Å². The smallest absolute Gasteiger partial charge is 0.137 e. The number of fused-ring (bicyclic) bond motifs is 2. The first-order valence-electron chi connectivity index (χ1n) is 10.3. The third-order valence-electron chi connectivity index (χ3n) is 7.36. The Morgan fingerprint density at radius 2 is 2.12 bits per heavy atom. The van der Waals surface area contributed by atoms with E-state index in [2.05, 4.69) is 62.1 Å². The molecule has 0 saturated carbocycles. The van der Waals surface area contributed by atoms with Gasteiger partial charge in [0.05, 0.1) is 0 Å². The summed E-state index contributed by atoms with van der Waals surface area (Å²) < 4.78 is 0. The highest BCUT2D eigenvalue weighted by atomic mass is 16.1. The number of likely N-dealkylation sites (N-methyl/N-ethyl adjacent to an activating group) is 1. The van der Waals surface area contributed by atoms with Gasteiger partial charge in [0.15, 0.2) is 0 Å². The number of H-pyrrole nitrogens is 1. The van der Waals surface area contributed by atoms with Crippen molar-refractivity contribution in [2.75, 3.05) is 13.6 Å². The third-order valence-corrected chi connectivity index (χ3v) is 7.36. The lowest BCUT2D eigenvalue weighted by molar-refractivity contribution is -0.127. The molecule has 0 radical (unpaired) electrons. The standard InChI is InChI=1S/C23H32N2O/c1-5-15(6-2)10-20(26)17-12-23(3)18-8-7-9-19-22(18)16(13-24-19)11-21(23)25(4)14-17/h7-9,13,15,17,21,24H,5-6,10-12,14H2,1-4H3. The zero-order valence-corrected chi connectivity index (χ0v) is 16.6. The molecule has 1 fully saturated rings. The number of piperidine rings is 1. The van der Waals surface area contributed by atoms with E-state index in [1.54, 1.807) is 0 Å². The maximum absolute atomic E-state index is 13.1. The molecule has 2 aliphatic rings. The first-order valence-corrected chi connectivity index (χ1v) is 10.3. The Balaban J connectivity index is 1.68. The highest BCUT2D eigenvalue weighted by Crippen LogP contribution is 2.49. The molecule has 2 aromatic rings. The van der Waals surface area contributed by atoms with Crippen LogP contribution in [0.25, 0.3) is 10.9 Å². The summed E-state index contributed by atoms with van der Waals surface area (Å²) in [4.78, 5) is 19.0. The monoisotopic (exact) mass is 352 g/mol. The minimum absolute atomic E-state index is 0.0515. The Labute approximate surface area is 157 Å². The number of hydrogen-bond acceptors (Lipinski definition) is 2. The number of nitrogens with one attached hydrogen (secondary N) is 1. The number of hydrogen-bond donors (Lipinski definition) is 1. The van der Waals surface area contributed by atoms with Gasteiger partial charge in [0.2, 0.25) is 0 Å². The molecule has 1 aliphatic carbocycles. The molecule has 3 heteroatoms. The molecule has 1 aromatic heterocycles. The molecule has 26 heavy (non-hydrogen) atoms. The van der Waals surface area contributed by atoms with Crippen LogP contribution in [0.4, 0.5) is 0 Å². The first kappa shape index (κ1) is 17.8. The number of carbonyl (C=O) groups excluding carboxylic acids is 1. The lowest BCUT2D eigenvalue weighted by atomic mass is 9.61. The van der Waals surface area contributed by atoms with Crippen LogP contribution in [0.3, 0.4) is 0 Å². The molecule has 140 valence electrons. The van der Waals surface area contributed by atoms with E-state index in [1.807, 2.05) is 0 Å². The van der Waals surface area contributed by atoms with E-state index < -0.39 is 0 Å². The number of ketones is 1. The Bertz CT molecular complexity index is 819. The van der Waals surface area contributed by atoms with Gasteiger partial charge in [-0.05, 0) is 43.0 Å². The topological polar surface area (TPSA) is 36.1 Å². The van der Waals surface area contributed by atoms with Gasteiger partial charge in [-0.15, -0.1) is 0 Å². The maximum atomic E-state index is 13.1. The summed E-state index contributed by atoms with van der Waals surface area (Å²) in [6.45, 7) is 7.73. The molecule has 3 nitrogen and oxygen atoms in total. The van der Waals surface area contributed by atoms with Crippen molar-refractivity contribution >= 4 is 16.7 Å². The van der Waals surface area contributed by atoms with E-state index in [0.717, 1.165) is 38.6 Å². The van der Waals surface area contributed by atoms with Crippen LogP contribution in [-0.4, -0.2) is 35.3 Å². The molecular formula is C23H32N2O. The highest BCUT2D eigenvalue weighted by Gasteiger charge is 2.49. The van der Waals surface area contributed by atoms with Gasteiger partial charge in [-0.2, -0.15) is 0 Å². The van der Waals surface area contributed by atoms with Crippen molar-refractivity contribution in [2.24, 2.45) is 11.8 Å². The fourth-order valence-electron chi connectivity index (χ4n) is 5.69. The average Bonchev–Trinajstić information content (AvgIpc) is 3.05. The summed E-state index contributed by atoms with van der Waals surface area (Å²) in [5.41, 5.74) is 4.17. The average molecular weight is 353 g/mol. The second-order valence-electron chi connectivity index (χ2n) is 8.87. The van der Waals surface area contributed by atoms with Gasteiger partial charge in [0.25, 0.3) is 0 Å². The number of nitrogens with zero attached hydrogens (tertiary/aromatic N) is 1. The Morgan fingerprint density at radius 1 is 1.35 bits per heavy atom. The second kappa shape index (κ2) is 6.53. The van der Waals surface area contributed by atoms with E-state index in [9.17, 15) is 4.79 Å². The summed E-state index contributed by atoms with van der Waals surface area (Å²) >= 11 is 0. The lowest BCUT2D eigenvalue weighted by Crippen LogP contribution is -2.58. The number of benzene rings is 1. The number of aromatic nitrogens is 1. The normalized spacial score (nSPS) is 28.5. The molecule has 1 aliphatic heterocycles. The molecule has 3 unspecified atom stereocenters. The van der Waals surface area contributed by atoms with Gasteiger partial charge in [-0.3, -0.25) is 4.79 Å². The van der Waals surface area contributed by atoms with Gasteiger partial charge in [0.1, 0.15) is 5.78 Å². The van der Waals surface area contributed by atoms with Crippen LogP contribution in [0.1, 0.15) is 57.6 Å². The first-order chi connectivity index (χ1) is 12.5. The van der Waals surface area contributed by atoms with Crippen LogP contribution in [0.15, 0.2) is 24.4 Å². The minimum atomic E-state index is 0.0515. The summed E-state index contributed by atoms with van der Waals surface area (Å²) in [6, 6.07) is 7.12. The van der Waals surface area contributed by atoms with Crippen molar-refractivity contribution in [3.05, 3.63) is 35.5 Å². The number of rotatable bonds is 5. The molecular weight excluding hydrogens is 320 g/mol. The third kappa shape index (κ3) is 2.63. The van der Waals surface area contributed by atoms with Gasteiger partial charge in [-0.25, -0.2) is 0 Å². The molecule has 0 spiro atoms. The van der Waals surface area contributed by atoms with E-state index in [-0.39, 0.29) is 11.3 Å². The van der Waals surface area contributed by atoms with Crippen LogP contribution in [0.2, 0.25) is 0 Å². The van der Waals surface area contributed by atoms with E-state index >= 15 is 0 Å². The summed E-state index contributed by atoms with van der Waals surface area (Å²) in [5.74, 6) is 1.19. The van der Waals surface area contributed by atoms with E-state index in [4.69, 9.17) is 0 Å². The molecule has 4 rings (SSSR count). The van der Waals surface area contributed by atoms with E-state index in [0.29, 0.717) is 17.7 Å². The number of aromatic amines is 1. The predicted molar refractivity (Wildman–Crippen MR) is 108 cm³/mol. The van der Waals surface area contributed by atoms with Crippen LogP contribution in [0, 0.1) is 11.8 Å². The van der Waals surface area contributed by atoms with E-state index in [1.165, 1.54) is 22.0 Å². The highest BCUT2D eigenvalue weighted by molar-refractivity contribution is 5.89. The van der Waals surface area contributed by atoms with Crippen molar-refractivity contribution in [1.29, 1.82) is 0 Å². The van der Waals surface area contributed by atoms with Crippen molar-refractivity contribution < 1.29 is 4.79 Å². The van der Waals surface area contributed by atoms with Gasteiger partial charge < -0.3 is 9.88 Å². The second-order valence-corrected chi connectivity index (χ2v) is 8.87. The molecule has 3 atom stereocenters. The SMILES string of the molecule is CCC(CC)CC(=O)C1CN(C)C2Cc3c[nH]c4cccc(c34)C2(C)C1. The Hall–Kier alpha value is -1.61. The predicted octanol–water partition coefficient (Wildman–Crippen LogP) is 4.70. The van der Waals surface area contributed by atoms with Crippen molar-refractivity contribution in [3.8, 4) is 0 Å². The van der Waals surface area contributed by atoms with Crippen LogP contribution in [-0.2, 0) is 16.6 Å². The van der Waals surface area contributed by atoms with Gasteiger partial charge in [0, 0.05) is 47.4 Å². The zero-order valence-electron chi connectivity index (χ0n) is 16.6. The molecule has 1 N–H and O–H groups in total. The van der Waals surface area contributed by atoms with Crippen LogP contribution < -0.4 is 0 Å². The number of Topliss-reactive ketones (excluding diaryl/α,β-unsaturated/α-hetero) is 1. The number of likely N-dealkylation sites (tertiary alicyclic amines) is 1. The quantitative estimate of drug-likeness (QED) is 0.847. The van der Waals surface area contributed by atoms with Crippen molar-refractivity contribution in [2.45, 2.75) is 64.3 Å². The fourth-order valence-corrected chi connectivity index (χ4v) is 5.69. The zero-order chi connectivity index (χ0) is 18.5. The van der Waals surface area contributed by atoms with Gasteiger partial charge in [-0.1, -0.05) is 45.7 Å². The maximum Gasteiger partial charge on any atom is 0.137 e. The molecule has 1 saturated heterocycles. The van der Waals surface area contributed by atoms with Crippen LogP contribution in [0.5, 0.6) is 0 Å². The summed E-state index contributed by atoms with van der Waals surface area (Å²) in [7, 11) is 2.22. The fraction of sp³-hybridized carbons (Fsp3) is 0.609. The number of carbonyl (C=O) groups is 1. The molecule has 1 aromatic carbocycles. The Kier molecular flexibility index (Phi) is 4.46. The van der Waals surface area contributed by atoms with Crippen molar-refractivity contribution in [3.63, 3.8) is 0 Å². The van der Waals surface area contributed by atoms with Gasteiger partial charge >= 0.3 is 0 Å². The summed E-state index contributed by atoms with van der Waals surface area (Å²) in [5, 5.41) is 1.41. The minimum Gasteiger partial charge on any atom is -0.361 e. The lowest BCUT2D eigenvalue weighted by Gasteiger charge is -2.52. The van der Waals surface area contributed by atoms with Crippen LogP contribution >= 0.6 is 0 Å².